The molecule has 174 valence electrons. The number of anilines is 1. The van der Waals surface area contributed by atoms with Crippen LogP contribution in [0.5, 0.6) is 0 Å². The molecule has 10 heteroatoms. The number of carbonyl (C=O) groups excluding carboxylic acids is 1. The molecule has 2 aromatic heterocycles. The normalized spacial score (nSPS) is 14.1. The third-order valence-electron chi connectivity index (χ3n) is 5.92. The first-order valence-electron chi connectivity index (χ1n) is 11.2. The van der Waals surface area contributed by atoms with Gasteiger partial charge in [-0.25, -0.2) is 9.97 Å². The molecule has 1 saturated heterocycles. The highest BCUT2D eigenvalue weighted by molar-refractivity contribution is 5.93. The van der Waals surface area contributed by atoms with E-state index < -0.39 is 17.0 Å². The maximum absolute atomic E-state index is 12.7. The Hall–Kier alpha value is -3.53. The highest BCUT2D eigenvalue weighted by atomic mass is 16.2. The van der Waals surface area contributed by atoms with E-state index in [0.717, 1.165) is 31.6 Å². The lowest BCUT2D eigenvalue weighted by atomic mass is 10.1. The molecule has 0 radical (unpaired) electrons. The van der Waals surface area contributed by atoms with Crippen molar-refractivity contribution in [3.63, 3.8) is 0 Å². The molecule has 0 bridgehead atoms. The number of nitrogen functional groups attached to an aromatic ring is 1. The molecule has 0 unspecified atom stereocenters. The van der Waals surface area contributed by atoms with Crippen molar-refractivity contribution < 1.29 is 4.79 Å². The number of hydrogen-bond acceptors (Lipinski definition) is 7. The highest BCUT2D eigenvalue weighted by Gasteiger charge is 2.20. The lowest BCUT2D eigenvalue weighted by Crippen LogP contribution is -2.38. The Morgan fingerprint density at radius 2 is 1.73 bits per heavy atom. The number of hydrogen-bond donors (Lipinski definition) is 2. The van der Waals surface area contributed by atoms with Gasteiger partial charge in [-0.2, -0.15) is 0 Å². The Kier molecular flexibility index (Phi) is 6.55. The summed E-state index contributed by atoms with van der Waals surface area (Å²) in [6.07, 6.45) is 3.25. The Bertz CT molecular complexity index is 1270. The second-order valence-corrected chi connectivity index (χ2v) is 8.50. The Balaban J connectivity index is 1.70. The van der Waals surface area contributed by atoms with Gasteiger partial charge in [-0.3, -0.25) is 23.9 Å². The van der Waals surface area contributed by atoms with Crippen molar-refractivity contribution in [2.24, 2.45) is 0 Å². The lowest BCUT2D eigenvalue weighted by molar-refractivity contribution is 0.0783. The second kappa shape index (κ2) is 9.53. The first-order valence-corrected chi connectivity index (χ1v) is 11.2. The van der Waals surface area contributed by atoms with E-state index in [0.29, 0.717) is 6.54 Å². The molecule has 1 amide bonds. The number of aromatic amines is 1. The molecule has 4 rings (SSSR count). The number of carbonyl (C=O) groups is 1. The van der Waals surface area contributed by atoms with Crippen molar-refractivity contribution in [2.75, 3.05) is 32.4 Å². The summed E-state index contributed by atoms with van der Waals surface area (Å²) in [4.78, 5) is 52.5. The monoisotopic (exact) mass is 451 g/mol. The number of likely N-dealkylation sites (tertiary alicyclic amines) is 1. The number of amides is 1. The first-order chi connectivity index (χ1) is 15.9. The van der Waals surface area contributed by atoms with Crippen LogP contribution in [-0.4, -0.2) is 61.9 Å². The van der Waals surface area contributed by atoms with Gasteiger partial charge in [0.05, 0.1) is 6.54 Å². The average Bonchev–Trinajstić information content (AvgIpc) is 3.31. The molecule has 0 atom stereocenters. The minimum absolute atomic E-state index is 0.0555. The first kappa shape index (κ1) is 22.7. The van der Waals surface area contributed by atoms with Gasteiger partial charge in [0.25, 0.3) is 5.91 Å². The standard InChI is InChI=1S/C23H29N7O3/c1-3-10-28(2)22(32)19-26-18(24)17-20(27-19)30(23(33)21(31)25-17)14-16-8-6-15(7-9-16)13-29-11-4-5-12-29/h6-9H,3-5,10-14H2,1-2H3,(H,25,31)(H2,24,26,27). The molecule has 1 fully saturated rings. The van der Waals surface area contributed by atoms with E-state index >= 15 is 0 Å². The smallest absolute Gasteiger partial charge is 0.318 e. The molecular formula is C23H29N7O3. The lowest BCUT2D eigenvalue weighted by Gasteiger charge is -2.16. The van der Waals surface area contributed by atoms with Crippen LogP contribution in [0.15, 0.2) is 33.9 Å². The van der Waals surface area contributed by atoms with Crippen LogP contribution in [0.4, 0.5) is 5.82 Å². The molecule has 0 aliphatic carbocycles. The second-order valence-electron chi connectivity index (χ2n) is 8.50. The third kappa shape index (κ3) is 4.80. The molecule has 33 heavy (non-hydrogen) atoms. The Labute approximate surface area is 191 Å². The van der Waals surface area contributed by atoms with Crippen LogP contribution >= 0.6 is 0 Å². The summed E-state index contributed by atoms with van der Waals surface area (Å²) < 4.78 is 1.25. The van der Waals surface area contributed by atoms with Gasteiger partial charge in [0.1, 0.15) is 5.52 Å². The van der Waals surface area contributed by atoms with Crippen LogP contribution < -0.4 is 16.9 Å². The van der Waals surface area contributed by atoms with E-state index in [-0.39, 0.29) is 29.4 Å². The quantitative estimate of drug-likeness (QED) is 0.516. The SMILES string of the molecule is CCCN(C)C(=O)c1nc(N)c2[nH]c(=O)c(=O)n(Cc3ccc(CN4CCCC4)cc3)c2n1. The van der Waals surface area contributed by atoms with Crippen LogP contribution in [0, 0.1) is 0 Å². The minimum atomic E-state index is -0.814. The van der Waals surface area contributed by atoms with E-state index in [1.165, 1.54) is 27.9 Å². The number of rotatable bonds is 7. The zero-order valence-electron chi connectivity index (χ0n) is 19.0. The molecule has 1 aliphatic rings. The zero-order chi connectivity index (χ0) is 23.5. The van der Waals surface area contributed by atoms with Gasteiger partial charge in [-0.1, -0.05) is 31.2 Å². The average molecular weight is 452 g/mol. The van der Waals surface area contributed by atoms with E-state index in [1.54, 1.807) is 7.05 Å². The summed E-state index contributed by atoms with van der Waals surface area (Å²) in [6, 6.07) is 7.95. The fraction of sp³-hybridized carbons (Fsp3) is 0.435. The van der Waals surface area contributed by atoms with Crippen LogP contribution in [-0.2, 0) is 13.1 Å². The van der Waals surface area contributed by atoms with Gasteiger partial charge >= 0.3 is 11.1 Å². The van der Waals surface area contributed by atoms with Gasteiger partial charge in [0, 0.05) is 20.1 Å². The van der Waals surface area contributed by atoms with Crippen molar-refractivity contribution in [3.8, 4) is 0 Å². The number of fused-ring (bicyclic) bond motifs is 1. The zero-order valence-corrected chi connectivity index (χ0v) is 19.0. The summed E-state index contributed by atoms with van der Waals surface area (Å²) in [5.74, 6) is -0.570. The summed E-state index contributed by atoms with van der Waals surface area (Å²) in [7, 11) is 1.65. The van der Waals surface area contributed by atoms with Crippen LogP contribution in [0.3, 0.4) is 0 Å². The topological polar surface area (TPSA) is 130 Å². The third-order valence-corrected chi connectivity index (χ3v) is 5.92. The summed E-state index contributed by atoms with van der Waals surface area (Å²) in [5, 5.41) is 0. The van der Waals surface area contributed by atoms with Gasteiger partial charge in [0.2, 0.25) is 5.82 Å². The summed E-state index contributed by atoms with van der Waals surface area (Å²) >= 11 is 0. The van der Waals surface area contributed by atoms with E-state index in [4.69, 9.17) is 5.73 Å². The minimum Gasteiger partial charge on any atom is -0.382 e. The van der Waals surface area contributed by atoms with Crippen LogP contribution in [0.25, 0.3) is 11.2 Å². The number of benzene rings is 1. The van der Waals surface area contributed by atoms with Gasteiger partial charge in [0.15, 0.2) is 11.5 Å². The Morgan fingerprint density at radius 3 is 2.36 bits per heavy atom. The number of nitrogens with two attached hydrogens (primary N) is 1. The van der Waals surface area contributed by atoms with Gasteiger partial charge in [-0.15, -0.1) is 0 Å². The predicted octanol–water partition coefficient (Wildman–Crippen LogP) is 1.19. The van der Waals surface area contributed by atoms with Gasteiger partial charge in [-0.05, 0) is 43.5 Å². The molecule has 3 aromatic rings. The number of nitrogens with one attached hydrogen (secondary N) is 1. The van der Waals surface area contributed by atoms with Crippen LogP contribution in [0.1, 0.15) is 47.9 Å². The van der Waals surface area contributed by atoms with Crippen molar-refractivity contribution in [1.29, 1.82) is 0 Å². The number of H-pyrrole nitrogens is 1. The van der Waals surface area contributed by atoms with Crippen molar-refractivity contribution in [3.05, 3.63) is 61.9 Å². The maximum Gasteiger partial charge on any atom is 0.318 e. The summed E-state index contributed by atoms with van der Waals surface area (Å²) in [5.41, 5.74) is 6.76. The van der Waals surface area contributed by atoms with Crippen molar-refractivity contribution in [2.45, 2.75) is 39.3 Å². The van der Waals surface area contributed by atoms with Crippen LogP contribution in [0.2, 0.25) is 0 Å². The van der Waals surface area contributed by atoms with Gasteiger partial charge < -0.3 is 15.6 Å². The maximum atomic E-state index is 12.7. The number of nitrogens with zero attached hydrogens (tertiary/aromatic N) is 5. The molecule has 1 aliphatic heterocycles. The molecule has 3 N–H and O–H groups in total. The molecule has 0 saturated carbocycles. The molecule has 0 spiro atoms. The van der Waals surface area contributed by atoms with Crippen molar-refractivity contribution in [1.82, 2.24) is 29.3 Å². The largest absolute Gasteiger partial charge is 0.382 e. The fourth-order valence-electron chi connectivity index (χ4n) is 4.15. The molecule has 1 aromatic carbocycles. The predicted molar refractivity (Wildman–Crippen MR) is 126 cm³/mol. The fourth-order valence-corrected chi connectivity index (χ4v) is 4.15. The molecule has 3 heterocycles. The van der Waals surface area contributed by atoms with E-state index in [2.05, 4.69) is 19.9 Å². The molecule has 10 nitrogen and oxygen atoms in total. The van der Waals surface area contributed by atoms with Crippen molar-refractivity contribution >= 4 is 22.9 Å². The van der Waals surface area contributed by atoms with E-state index in [9.17, 15) is 14.4 Å². The summed E-state index contributed by atoms with van der Waals surface area (Å²) in [6.45, 7) is 5.74. The Morgan fingerprint density at radius 1 is 1.09 bits per heavy atom. The van der Waals surface area contributed by atoms with E-state index in [1.807, 2.05) is 31.2 Å². The molecular weight excluding hydrogens is 422 g/mol. The highest BCUT2D eigenvalue weighted by Crippen LogP contribution is 2.17. The number of aromatic nitrogens is 4.